The lowest BCUT2D eigenvalue weighted by Crippen LogP contribution is -2.08. The predicted octanol–water partition coefficient (Wildman–Crippen LogP) is 0.134. The van der Waals surface area contributed by atoms with E-state index in [4.69, 9.17) is 11.6 Å². The lowest BCUT2D eigenvalue weighted by molar-refractivity contribution is 1.10. The molecule has 2 heterocycles. The van der Waals surface area contributed by atoms with Gasteiger partial charge in [-0.1, -0.05) is 0 Å². The van der Waals surface area contributed by atoms with E-state index in [0.717, 1.165) is 10.9 Å². The van der Waals surface area contributed by atoms with Gasteiger partial charge in [0, 0.05) is 0 Å². The first-order valence-electron chi connectivity index (χ1n) is 3.80. The van der Waals surface area contributed by atoms with Gasteiger partial charge in [-0.25, -0.2) is 10.8 Å². The van der Waals surface area contributed by atoms with Crippen molar-refractivity contribution in [3.8, 4) is 0 Å². The third kappa shape index (κ3) is 1.07. The highest BCUT2D eigenvalue weighted by Crippen LogP contribution is 2.22. The molecule has 0 radical (unpaired) electrons. The van der Waals surface area contributed by atoms with Crippen LogP contribution in [0.3, 0.4) is 0 Å². The number of rotatable bonds is 1. The molecule has 0 aliphatic heterocycles. The smallest absolute Gasteiger partial charge is 0.185 e. The van der Waals surface area contributed by atoms with Gasteiger partial charge in [-0.05, 0) is 18.6 Å². The van der Waals surface area contributed by atoms with Crippen molar-refractivity contribution in [1.82, 2.24) is 15.2 Å². The molecule has 6 N–H and O–H groups in total. The first-order valence-corrected chi connectivity index (χ1v) is 3.80. The van der Waals surface area contributed by atoms with Crippen molar-refractivity contribution in [2.75, 3.05) is 11.2 Å². The summed E-state index contributed by atoms with van der Waals surface area (Å²) >= 11 is 0. The highest BCUT2D eigenvalue weighted by molar-refractivity contribution is 5.90. The lowest BCUT2D eigenvalue weighted by Gasteiger charge is -2.00. The minimum absolute atomic E-state index is 0.531. The molecule has 0 saturated carbocycles. The number of hydrazine groups is 1. The van der Waals surface area contributed by atoms with E-state index in [-0.39, 0.29) is 0 Å². The molecular formula is C7H10N6. The van der Waals surface area contributed by atoms with Crippen LogP contribution < -0.4 is 17.0 Å². The predicted molar refractivity (Wildman–Crippen MR) is 50.8 cm³/mol. The highest BCUT2D eigenvalue weighted by atomic mass is 15.3. The summed E-state index contributed by atoms with van der Waals surface area (Å²) < 4.78 is 0. The first-order chi connectivity index (χ1) is 6.22. The fraction of sp³-hybridized carbons (Fsp3) is 0.143. The molecular weight excluding hydrogens is 168 g/mol. The second-order valence-electron chi connectivity index (χ2n) is 2.80. The summed E-state index contributed by atoms with van der Waals surface area (Å²) in [7, 11) is 0. The molecule has 2 aromatic heterocycles. The van der Waals surface area contributed by atoms with Gasteiger partial charge in [0.1, 0.15) is 11.6 Å². The van der Waals surface area contributed by atoms with Crippen LogP contribution in [-0.4, -0.2) is 15.2 Å². The number of nitrogens with two attached hydrogens (primary N) is 2. The maximum Gasteiger partial charge on any atom is 0.185 e. The maximum absolute atomic E-state index is 5.66. The number of hydrogen-bond acceptors (Lipinski definition) is 5. The molecule has 6 heteroatoms. The molecule has 0 aliphatic rings. The van der Waals surface area contributed by atoms with E-state index in [1.807, 2.05) is 13.0 Å². The van der Waals surface area contributed by atoms with Gasteiger partial charge in [-0.15, -0.1) is 0 Å². The fourth-order valence-corrected chi connectivity index (χ4v) is 1.31. The quantitative estimate of drug-likeness (QED) is 0.367. The Balaban J connectivity index is 2.79. The standard InChI is InChI=1S/C7H10N6/c1-3-2-4(11-9)10-7-5(3)6(8)12-13-7/h2H,9H2,1H3,(H4,8,10,11,12,13). The zero-order valence-corrected chi connectivity index (χ0v) is 7.13. The molecule has 0 atom stereocenters. The molecule has 13 heavy (non-hydrogen) atoms. The molecule has 6 nitrogen and oxygen atoms in total. The average molecular weight is 178 g/mol. The van der Waals surface area contributed by atoms with Crippen LogP contribution in [0, 0.1) is 6.92 Å². The fourth-order valence-electron chi connectivity index (χ4n) is 1.31. The third-order valence-electron chi connectivity index (χ3n) is 1.90. The van der Waals surface area contributed by atoms with E-state index < -0.39 is 0 Å². The number of fused-ring (bicyclic) bond motifs is 1. The largest absolute Gasteiger partial charge is 0.384 e. The van der Waals surface area contributed by atoms with Crippen LogP contribution in [-0.2, 0) is 0 Å². The van der Waals surface area contributed by atoms with Gasteiger partial charge < -0.3 is 11.2 Å². The molecule has 0 aliphatic carbocycles. The highest BCUT2D eigenvalue weighted by Gasteiger charge is 2.07. The Morgan fingerprint density at radius 2 is 2.31 bits per heavy atom. The Morgan fingerprint density at radius 3 is 3.00 bits per heavy atom. The summed E-state index contributed by atoms with van der Waals surface area (Å²) in [4.78, 5) is 4.12. The topological polar surface area (TPSA) is 106 Å². The van der Waals surface area contributed by atoms with Gasteiger partial charge in [0.05, 0.1) is 5.39 Å². The van der Waals surface area contributed by atoms with Crippen molar-refractivity contribution in [2.24, 2.45) is 5.84 Å². The molecule has 0 bridgehead atoms. The summed E-state index contributed by atoms with van der Waals surface area (Å²) in [5, 5.41) is 7.44. The number of H-pyrrole nitrogens is 1. The number of hydrogen-bond donors (Lipinski definition) is 4. The summed E-state index contributed by atoms with van der Waals surface area (Å²) in [6, 6.07) is 1.81. The molecule has 0 spiro atoms. The summed E-state index contributed by atoms with van der Waals surface area (Å²) in [5.41, 5.74) is 9.69. The van der Waals surface area contributed by atoms with Crippen LogP contribution in [0.5, 0.6) is 0 Å². The normalized spacial score (nSPS) is 10.6. The zero-order valence-electron chi connectivity index (χ0n) is 7.13. The second kappa shape index (κ2) is 2.60. The Hall–Kier alpha value is -1.82. The number of nitrogens with one attached hydrogen (secondary N) is 2. The summed E-state index contributed by atoms with van der Waals surface area (Å²) in [6.07, 6.45) is 0. The van der Waals surface area contributed by atoms with Crippen molar-refractivity contribution < 1.29 is 0 Å². The molecule has 0 saturated heterocycles. The van der Waals surface area contributed by atoms with Crippen LogP contribution in [0.4, 0.5) is 11.6 Å². The van der Waals surface area contributed by atoms with Gasteiger partial charge in [0.2, 0.25) is 0 Å². The van der Waals surface area contributed by atoms with Gasteiger partial charge in [-0.3, -0.25) is 5.10 Å². The molecule has 0 amide bonds. The molecule has 0 unspecified atom stereocenters. The van der Waals surface area contributed by atoms with Crippen molar-refractivity contribution in [1.29, 1.82) is 0 Å². The Labute approximate surface area is 74.3 Å². The van der Waals surface area contributed by atoms with Gasteiger partial charge in [0.25, 0.3) is 0 Å². The Bertz CT molecular complexity index is 445. The number of aromatic amines is 1. The van der Waals surface area contributed by atoms with Crippen LogP contribution in [0.1, 0.15) is 5.56 Å². The van der Waals surface area contributed by atoms with Gasteiger partial charge in [0.15, 0.2) is 5.65 Å². The molecule has 0 fully saturated rings. The van der Waals surface area contributed by atoms with Crippen molar-refractivity contribution in [3.63, 3.8) is 0 Å². The van der Waals surface area contributed by atoms with Gasteiger partial charge >= 0.3 is 0 Å². The minimum Gasteiger partial charge on any atom is -0.384 e. The van der Waals surface area contributed by atoms with E-state index in [9.17, 15) is 0 Å². The first kappa shape index (κ1) is 7.81. The summed E-state index contributed by atoms with van der Waals surface area (Å²) in [5.74, 6) is 6.35. The van der Waals surface area contributed by atoms with E-state index in [2.05, 4.69) is 20.6 Å². The SMILES string of the molecule is Cc1cc(NN)nc2n[nH]c(N)c12. The van der Waals surface area contributed by atoms with Crippen molar-refractivity contribution >= 4 is 22.7 Å². The lowest BCUT2D eigenvalue weighted by atomic mass is 10.2. The second-order valence-corrected chi connectivity index (χ2v) is 2.80. The molecule has 2 rings (SSSR count). The van der Waals surface area contributed by atoms with Crippen LogP contribution in [0.25, 0.3) is 11.0 Å². The number of nitrogens with zero attached hydrogens (tertiary/aromatic N) is 2. The zero-order chi connectivity index (χ0) is 9.42. The molecule has 2 aromatic rings. The van der Waals surface area contributed by atoms with Gasteiger partial charge in [-0.2, -0.15) is 5.10 Å². The summed E-state index contributed by atoms with van der Waals surface area (Å²) in [6.45, 7) is 1.93. The minimum atomic E-state index is 0.531. The number of pyridine rings is 1. The average Bonchev–Trinajstić information content (AvgIpc) is 2.48. The van der Waals surface area contributed by atoms with E-state index in [0.29, 0.717) is 17.3 Å². The molecule has 0 aromatic carbocycles. The third-order valence-corrected chi connectivity index (χ3v) is 1.90. The number of anilines is 2. The van der Waals surface area contributed by atoms with E-state index >= 15 is 0 Å². The van der Waals surface area contributed by atoms with Crippen molar-refractivity contribution in [2.45, 2.75) is 6.92 Å². The van der Waals surface area contributed by atoms with E-state index in [1.54, 1.807) is 0 Å². The Kier molecular flexibility index (Phi) is 1.56. The molecule has 68 valence electrons. The number of aryl methyl sites for hydroxylation is 1. The van der Waals surface area contributed by atoms with Crippen LogP contribution in [0.15, 0.2) is 6.07 Å². The number of nitrogen functional groups attached to an aromatic ring is 2. The monoisotopic (exact) mass is 178 g/mol. The van der Waals surface area contributed by atoms with Crippen molar-refractivity contribution in [3.05, 3.63) is 11.6 Å². The van der Waals surface area contributed by atoms with Crippen LogP contribution >= 0.6 is 0 Å². The maximum atomic E-state index is 5.66. The van der Waals surface area contributed by atoms with E-state index in [1.165, 1.54) is 0 Å². The Morgan fingerprint density at radius 1 is 1.54 bits per heavy atom. The van der Waals surface area contributed by atoms with Crippen LogP contribution in [0.2, 0.25) is 0 Å². The number of aromatic nitrogens is 3.